The summed E-state index contributed by atoms with van der Waals surface area (Å²) in [5, 5.41) is 0. The van der Waals surface area contributed by atoms with E-state index in [0.29, 0.717) is 55.4 Å². The molecule has 7 nitrogen and oxygen atoms in total. The van der Waals surface area contributed by atoms with E-state index in [1.807, 2.05) is 4.72 Å². The normalized spacial score (nSPS) is 18.7. The van der Waals surface area contributed by atoms with Gasteiger partial charge < -0.3 is 15.4 Å². The molecule has 1 saturated heterocycles. The van der Waals surface area contributed by atoms with Gasteiger partial charge in [0.25, 0.3) is 5.92 Å². The van der Waals surface area contributed by atoms with Gasteiger partial charge in [-0.05, 0) is 68.0 Å². The van der Waals surface area contributed by atoms with E-state index < -0.39 is 45.2 Å². The van der Waals surface area contributed by atoms with Gasteiger partial charge in [-0.25, -0.2) is 8.42 Å². The van der Waals surface area contributed by atoms with Crippen molar-refractivity contribution in [3.05, 3.63) is 59.7 Å². The van der Waals surface area contributed by atoms with Gasteiger partial charge in [0, 0.05) is 24.7 Å². The minimum atomic E-state index is -4.76. The predicted octanol–water partition coefficient (Wildman–Crippen LogP) is 5.05. The second-order valence-corrected chi connectivity index (χ2v) is 12.4. The van der Waals surface area contributed by atoms with Crippen molar-refractivity contribution in [1.29, 1.82) is 0 Å². The van der Waals surface area contributed by atoms with Crippen LogP contribution in [0.4, 0.5) is 22.0 Å². The number of nitrogens with two attached hydrogens (primary N) is 1. The fraction of sp³-hybridized carbons (Fsp3) is 0.536. The van der Waals surface area contributed by atoms with Crippen molar-refractivity contribution >= 4 is 15.9 Å². The average Bonchev–Trinajstić information content (AvgIpc) is 2.95. The molecule has 1 aliphatic carbocycles. The maximum Gasteiger partial charge on any atom is 0.416 e. The number of nitrogens with zero attached hydrogens (tertiary/aromatic N) is 1. The summed E-state index contributed by atoms with van der Waals surface area (Å²) in [5.74, 6) is -4.55. The van der Waals surface area contributed by atoms with Crippen molar-refractivity contribution in [2.75, 3.05) is 19.7 Å². The molecule has 13 heteroatoms. The summed E-state index contributed by atoms with van der Waals surface area (Å²) in [6.45, 7) is 0.558. The van der Waals surface area contributed by atoms with Crippen molar-refractivity contribution in [2.45, 2.75) is 74.0 Å². The average molecular weight is 604 g/mol. The van der Waals surface area contributed by atoms with Crippen LogP contribution in [0.5, 0.6) is 5.75 Å². The predicted molar refractivity (Wildman–Crippen MR) is 142 cm³/mol. The quantitative estimate of drug-likeness (QED) is 0.391. The van der Waals surface area contributed by atoms with Crippen LogP contribution in [-0.2, 0) is 26.9 Å². The van der Waals surface area contributed by atoms with E-state index in [0.717, 1.165) is 30.6 Å². The van der Waals surface area contributed by atoms with Gasteiger partial charge in [-0.2, -0.15) is 26.7 Å². The Morgan fingerprint density at radius 3 is 2.02 bits per heavy atom. The molecule has 2 aliphatic rings. The van der Waals surface area contributed by atoms with Gasteiger partial charge >= 0.3 is 6.18 Å². The van der Waals surface area contributed by atoms with Crippen LogP contribution < -0.4 is 15.2 Å². The highest BCUT2D eigenvalue weighted by atomic mass is 32.2. The van der Waals surface area contributed by atoms with Gasteiger partial charge in [-0.1, -0.05) is 31.4 Å². The fourth-order valence-corrected chi connectivity index (χ4v) is 6.33. The summed E-state index contributed by atoms with van der Waals surface area (Å²) in [7, 11) is -4.67. The van der Waals surface area contributed by atoms with Crippen LogP contribution in [-0.4, -0.2) is 51.0 Å². The molecule has 3 N–H and O–H groups in total. The molecule has 4 rings (SSSR count). The van der Waals surface area contributed by atoms with E-state index >= 15 is 8.78 Å². The third-order valence-electron chi connectivity index (χ3n) is 7.68. The van der Waals surface area contributed by atoms with Gasteiger partial charge in [0.15, 0.2) is 6.04 Å². The molecule has 0 bridgehead atoms. The van der Waals surface area contributed by atoms with Crippen molar-refractivity contribution in [3.63, 3.8) is 0 Å². The Morgan fingerprint density at radius 2 is 1.46 bits per heavy atom. The Morgan fingerprint density at radius 1 is 0.902 bits per heavy atom. The number of likely N-dealkylation sites (tertiary alicyclic amines) is 1. The first kappa shape index (κ1) is 31.2. The zero-order valence-electron chi connectivity index (χ0n) is 22.4. The first-order valence-electron chi connectivity index (χ1n) is 13.6. The van der Waals surface area contributed by atoms with Crippen molar-refractivity contribution in [2.24, 2.45) is 11.7 Å². The Bertz CT molecular complexity index is 1270. The number of nitrogens with one attached hydrogen (secondary N) is 1. The van der Waals surface area contributed by atoms with E-state index in [2.05, 4.69) is 0 Å². The summed E-state index contributed by atoms with van der Waals surface area (Å²) < 4.78 is 105. The maximum atomic E-state index is 15.8. The molecule has 0 aromatic heterocycles. The van der Waals surface area contributed by atoms with Gasteiger partial charge in [0.1, 0.15) is 5.75 Å². The van der Waals surface area contributed by atoms with Gasteiger partial charge in [-0.3, -0.25) is 4.79 Å². The van der Waals surface area contributed by atoms with Crippen molar-refractivity contribution in [1.82, 2.24) is 9.62 Å². The molecule has 1 amide bonds. The Balaban J connectivity index is 1.56. The lowest BCUT2D eigenvalue weighted by Gasteiger charge is -2.35. The number of sulfonamides is 1. The zero-order chi connectivity index (χ0) is 29.8. The minimum absolute atomic E-state index is 0.0361. The lowest BCUT2D eigenvalue weighted by molar-refractivity contribution is -0.145. The van der Waals surface area contributed by atoms with Crippen LogP contribution in [0.25, 0.3) is 0 Å². The number of rotatable bonds is 9. The van der Waals surface area contributed by atoms with E-state index in [-0.39, 0.29) is 24.0 Å². The summed E-state index contributed by atoms with van der Waals surface area (Å²) >= 11 is 0. The molecule has 0 spiro atoms. The van der Waals surface area contributed by atoms with Crippen LogP contribution in [0.1, 0.15) is 56.1 Å². The lowest BCUT2D eigenvalue weighted by Crippen LogP contribution is -2.58. The number of carbonyl (C=O) groups excluding carboxylic acids is 1. The van der Waals surface area contributed by atoms with Crippen LogP contribution in [0.15, 0.2) is 53.4 Å². The molecule has 0 unspecified atom stereocenters. The second-order valence-electron chi connectivity index (χ2n) is 10.7. The third-order valence-corrected chi connectivity index (χ3v) is 9.11. The number of piperidine rings is 1. The molecule has 1 heterocycles. The van der Waals surface area contributed by atoms with Crippen molar-refractivity contribution < 1.29 is 39.9 Å². The molecular weight excluding hydrogens is 569 g/mol. The van der Waals surface area contributed by atoms with E-state index in [1.165, 1.54) is 30.7 Å². The first-order valence-corrected chi connectivity index (χ1v) is 15.1. The molecule has 2 fully saturated rings. The summed E-state index contributed by atoms with van der Waals surface area (Å²) in [6, 6.07) is 4.37. The molecule has 1 aliphatic heterocycles. The Kier molecular flexibility index (Phi) is 9.59. The summed E-state index contributed by atoms with van der Waals surface area (Å²) in [6.07, 6.45) is 1.49. The Labute approximate surface area is 236 Å². The zero-order valence-corrected chi connectivity index (χ0v) is 23.2. The van der Waals surface area contributed by atoms with Crippen LogP contribution in [0.2, 0.25) is 0 Å². The van der Waals surface area contributed by atoms with Gasteiger partial charge in [0.2, 0.25) is 15.9 Å². The monoisotopic (exact) mass is 603 g/mol. The number of hydrogen-bond donors (Lipinski definition) is 2. The van der Waals surface area contributed by atoms with E-state index in [4.69, 9.17) is 10.5 Å². The lowest BCUT2D eigenvalue weighted by atomic mass is 9.90. The van der Waals surface area contributed by atoms with Crippen LogP contribution in [0.3, 0.4) is 0 Å². The highest BCUT2D eigenvalue weighted by molar-refractivity contribution is 7.89. The van der Waals surface area contributed by atoms with Crippen molar-refractivity contribution in [3.8, 4) is 5.75 Å². The smallest absolute Gasteiger partial charge is 0.416 e. The SMILES string of the molecule is NC1CCN(C(=O)[C@H](NS(=O)(=O)c2ccc(OCC3CCCCC3)cc2)C(F)(F)c2ccc(C(F)(F)F)cc2)CC1. The molecule has 1 atom stereocenters. The van der Waals surface area contributed by atoms with E-state index in [1.54, 1.807) is 0 Å². The fourth-order valence-electron chi connectivity index (χ4n) is 5.14. The maximum absolute atomic E-state index is 15.8. The van der Waals surface area contributed by atoms with Gasteiger partial charge in [-0.15, -0.1) is 0 Å². The minimum Gasteiger partial charge on any atom is -0.493 e. The second kappa shape index (κ2) is 12.6. The number of hydrogen-bond acceptors (Lipinski definition) is 5. The highest BCUT2D eigenvalue weighted by Gasteiger charge is 2.50. The number of halogens is 5. The summed E-state index contributed by atoms with van der Waals surface area (Å²) in [4.78, 5) is 14.1. The molecular formula is C28H34F5N3O4S. The number of benzene rings is 2. The number of carbonyl (C=O) groups is 1. The largest absolute Gasteiger partial charge is 0.493 e. The highest BCUT2D eigenvalue weighted by Crippen LogP contribution is 2.37. The number of amides is 1. The van der Waals surface area contributed by atoms with Gasteiger partial charge in [0.05, 0.1) is 17.1 Å². The van der Waals surface area contributed by atoms with Crippen LogP contribution in [0, 0.1) is 5.92 Å². The summed E-state index contributed by atoms with van der Waals surface area (Å²) in [5.41, 5.74) is 3.76. The molecule has 0 radical (unpaired) electrons. The molecule has 226 valence electrons. The first-order chi connectivity index (χ1) is 19.3. The van der Waals surface area contributed by atoms with E-state index in [9.17, 15) is 26.4 Å². The molecule has 1 saturated carbocycles. The molecule has 2 aromatic carbocycles. The van der Waals surface area contributed by atoms with Crippen LogP contribution >= 0.6 is 0 Å². The number of ether oxygens (including phenoxy) is 1. The standard InChI is InChI=1S/C28H34F5N3O4S/c29-27(30,20-6-8-21(9-7-20)28(31,32)33)25(26(37)36-16-14-22(34)15-17-36)35-41(38,39)24-12-10-23(11-13-24)40-18-19-4-2-1-3-5-19/h6-13,19,22,25,35H,1-5,14-18,34H2/t25-/m0/s1. The molecule has 2 aromatic rings. The topological polar surface area (TPSA) is 102 Å². The third kappa shape index (κ3) is 7.75. The Hall–Kier alpha value is -2.77. The molecule has 41 heavy (non-hydrogen) atoms. The number of alkyl halides is 5.